The van der Waals surface area contributed by atoms with Crippen LogP contribution in [0.5, 0.6) is 17.2 Å². The highest BCUT2D eigenvalue weighted by molar-refractivity contribution is 6.05. The fourth-order valence-corrected chi connectivity index (χ4v) is 2.18. The van der Waals surface area contributed by atoms with E-state index < -0.39 is 12.1 Å². The van der Waals surface area contributed by atoms with Crippen LogP contribution in [0.15, 0.2) is 60.7 Å². The number of carbonyl (C=O) groups excluding carboxylic acids is 1. The van der Waals surface area contributed by atoms with Gasteiger partial charge in [0.15, 0.2) is 5.78 Å². The minimum Gasteiger partial charge on any atom is -0.497 e. The molecule has 0 aliphatic carbocycles. The molecule has 2 aromatic carbocycles. The Hall–Kier alpha value is -3.03. The molecule has 1 unspecified atom stereocenters. The molecule has 7 nitrogen and oxygen atoms in total. The van der Waals surface area contributed by atoms with Crippen LogP contribution in [-0.4, -0.2) is 43.2 Å². The van der Waals surface area contributed by atoms with Gasteiger partial charge in [-0.3, -0.25) is 4.79 Å². The minimum absolute atomic E-state index is 0. The number of ketones is 1. The standard InChI is InChI=1S/C20H21NO6.ClH/c1-25-15-5-3-7-17(13-15)27-19(20(23)24)9-8-18(22)14-4-2-6-16(12-14)26-11-10-21;/h2-9,12-13,19H,10-11,21H2,1H3,(H,23,24);1H. The van der Waals surface area contributed by atoms with Crippen LogP contribution in [0.4, 0.5) is 0 Å². The first-order valence-electron chi connectivity index (χ1n) is 8.22. The molecular formula is C20H22ClNO6. The number of nitrogens with two attached hydrogens (primary N) is 1. The molecule has 3 N–H and O–H groups in total. The molecule has 0 radical (unpaired) electrons. The number of hydrogen-bond acceptors (Lipinski definition) is 6. The van der Waals surface area contributed by atoms with Gasteiger partial charge < -0.3 is 25.1 Å². The van der Waals surface area contributed by atoms with E-state index in [2.05, 4.69) is 0 Å². The molecule has 0 saturated heterocycles. The second-order valence-electron chi connectivity index (χ2n) is 5.44. The van der Waals surface area contributed by atoms with Crippen molar-refractivity contribution in [2.45, 2.75) is 6.10 Å². The molecule has 2 aromatic rings. The summed E-state index contributed by atoms with van der Waals surface area (Å²) in [6.45, 7) is 0.697. The first-order chi connectivity index (χ1) is 13.0. The van der Waals surface area contributed by atoms with Gasteiger partial charge in [-0.1, -0.05) is 18.2 Å². The summed E-state index contributed by atoms with van der Waals surface area (Å²) in [5.74, 6) is -0.222. The lowest BCUT2D eigenvalue weighted by molar-refractivity contribution is -0.142. The van der Waals surface area contributed by atoms with Crippen molar-refractivity contribution in [1.82, 2.24) is 0 Å². The number of carboxylic acids is 1. The first-order valence-corrected chi connectivity index (χ1v) is 8.22. The average molecular weight is 408 g/mol. The van der Waals surface area contributed by atoms with Crippen molar-refractivity contribution in [3.05, 3.63) is 66.2 Å². The van der Waals surface area contributed by atoms with Gasteiger partial charge in [0.05, 0.1) is 7.11 Å². The van der Waals surface area contributed by atoms with Crippen molar-refractivity contribution in [1.29, 1.82) is 0 Å². The van der Waals surface area contributed by atoms with Crippen molar-refractivity contribution in [3.8, 4) is 17.2 Å². The predicted octanol–water partition coefficient (Wildman–Crippen LogP) is 2.73. The normalized spacial score (nSPS) is 11.4. The van der Waals surface area contributed by atoms with Crippen molar-refractivity contribution < 1.29 is 28.9 Å². The largest absolute Gasteiger partial charge is 0.497 e. The van der Waals surface area contributed by atoms with Crippen molar-refractivity contribution in [2.75, 3.05) is 20.3 Å². The van der Waals surface area contributed by atoms with Crippen LogP contribution < -0.4 is 19.9 Å². The summed E-state index contributed by atoms with van der Waals surface area (Å²) in [5, 5.41) is 9.34. The van der Waals surface area contributed by atoms with E-state index >= 15 is 0 Å². The molecule has 0 spiro atoms. The van der Waals surface area contributed by atoms with Crippen LogP contribution in [-0.2, 0) is 4.79 Å². The van der Waals surface area contributed by atoms with Gasteiger partial charge in [0.25, 0.3) is 0 Å². The number of halogens is 1. The van der Waals surface area contributed by atoms with Gasteiger partial charge in [0, 0.05) is 18.2 Å². The van der Waals surface area contributed by atoms with E-state index in [9.17, 15) is 14.7 Å². The van der Waals surface area contributed by atoms with E-state index in [0.717, 1.165) is 0 Å². The van der Waals surface area contributed by atoms with Gasteiger partial charge in [-0.05, 0) is 36.4 Å². The maximum Gasteiger partial charge on any atom is 0.349 e. The van der Waals surface area contributed by atoms with Gasteiger partial charge in [-0.15, -0.1) is 12.4 Å². The lowest BCUT2D eigenvalue weighted by atomic mass is 10.1. The zero-order valence-corrected chi connectivity index (χ0v) is 16.1. The quantitative estimate of drug-likeness (QED) is 0.460. The van der Waals surface area contributed by atoms with Crippen LogP contribution in [0.25, 0.3) is 0 Å². The second-order valence-corrected chi connectivity index (χ2v) is 5.44. The average Bonchev–Trinajstić information content (AvgIpc) is 2.69. The van der Waals surface area contributed by atoms with E-state index in [1.165, 1.54) is 19.3 Å². The summed E-state index contributed by atoms with van der Waals surface area (Å²) in [7, 11) is 1.50. The van der Waals surface area contributed by atoms with Crippen molar-refractivity contribution in [3.63, 3.8) is 0 Å². The highest BCUT2D eigenvalue weighted by atomic mass is 35.5. The molecule has 2 rings (SSSR count). The number of methoxy groups -OCH3 is 1. The Labute approximate surface area is 169 Å². The Morgan fingerprint density at radius 2 is 1.79 bits per heavy atom. The maximum atomic E-state index is 12.3. The molecule has 0 aromatic heterocycles. The molecule has 150 valence electrons. The summed E-state index contributed by atoms with van der Waals surface area (Å²) in [6.07, 6.45) is 1.04. The molecule has 0 heterocycles. The Morgan fingerprint density at radius 3 is 2.46 bits per heavy atom. The van der Waals surface area contributed by atoms with Crippen molar-refractivity contribution in [2.24, 2.45) is 5.73 Å². The van der Waals surface area contributed by atoms with Crippen LogP contribution in [0.2, 0.25) is 0 Å². The summed E-state index contributed by atoms with van der Waals surface area (Å²) in [4.78, 5) is 23.7. The summed E-state index contributed by atoms with van der Waals surface area (Å²) in [5.41, 5.74) is 5.75. The van der Waals surface area contributed by atoms with Crippen LogP contribution in [0.1, 0.15) is 10.4 Å². The maximum absolute atomic E-state index is 12.3. The number of rotatable bonds is 10. The Balaban J connectivity index is 0.00000392. The van der Waals surface area contributed by atoms with Crippen LogP contribution in [0, 0.1) is 0 Å². The van der Waals surface area contributed by atoms with Gasteiger partial charge in [-0.2, -0.15) is 0 Å². The van der Waals surface area contributed by atoms with Gasteiger partial charge in [-0.25, -0.2) is 4.79 Å². The van der Waals surface area contributed by atoms with Gasteiger partial charge in [0.2, 0.25) is 6.10 Å². The third kappa shape index (κ3) is 6.94. The summed E-state index contributed by atoms with van der Waals surface area (Å²) in [6, 6.07) is 13.1. The topological polar surface area (TPSA) is 108 Å². The van der Waals surface area contributed by atoms with E-state index in [4.69, 9.17) is 19.9 Å². The smallest absolute Gasteiger partial charge is 0.349 e. The molecule has 1 atom stereocenters. The van der Waals surface area contributed by atoms with E-state index in [1.807, 2.05) is 0 Å². The van der Waals surface area contributed by atoms with Gasteiger partial charge >= 0.3 is 5.97 Å². The third-order valence-corrected chi connectivity index (χ3v) is 3.48. The number of ether oxygens (including phenoxy) is 3. The SMILES string of the molecule is COc1cccc(OC(C=CC(=O)c2cccc(OCCN)c2)C(=O)O)c1.Cl. The molecule has 28 heavy (non-hydrogen) atoms. The molecule has 0 bridgehead atoms. The second kappa shape index (κ2) is 11.6. The minimum atomic E-state index is -1.32. The molecule has 0 fully saturated rings. The Morgan fingerprint density at radius 1 is 1.11 bits per heavy atom. The number of hydrogen-bond donors (Lipinski definition) is 2. The van der Waals surface area contributed by atoms with Crippen LogP contribution >= 0.6 is 12.4 Å². The Bertz CT molecular complexity index is 824. The van der Waals surface area contributed by atoms with Gasteiger partial charge in [0.1, 0.15) is 23.9 Å². The number of allylic oxidation sites excluding steroid dienone is 1. The number of benzene rings is 2. The van der Waals surface area contributed by atoms with E-state index in [-0.39, 0.29) is 18.2 Å². The summed E-state index contributed by atoms with van der Waals surface area (Å²) >= 11 is 0. The van der Waals surface area contributed by atoms with Crippen molar-refractivity contribution >= 4 is 24.2 Å². The molecule has 0 aliphatic rings. The molecule has 0 amide bonds. The fourth-order valence-electron chi connectivity index (χ4n) is 2.18. The van der Waals surface area contributed by atoms with E-state index in [1.54, 1.807) is 48.5 Å². The zero-order valence-electron chi connectivity index (χ0n) is 15.2. The fraction of sp³-hybridized carbons (Fsp3) is 0.200. The number of carboxylic acid groups (broad SMARTS) is 1. The third-order valence-electron chi connectivity index (χ3n) is 3.48. The lowest BCUT2D eigenvalue weighted by Gasteiger charge is -2.12. The lowest BCUT2D eigenvalue weighted by Crippen LogP contribution is -2.24. The highest BCUT2D eigenvalue weighted by Crippen LogP contribution is 2.20. The molecular weight excluding hydrogens is 386 g/mol. The zero-order chi connectivity index (χ0) is 19.6. The molecule has 0 aliphatic heterocycles. The first kappa shape index (κ1) is 23.0. The Kier molecular flexibility index (Phi) is 9.56. The van der Waals surface area contributed by atoms with Crippen LogP contribution in [0.3, 0.4) is 0 Å². The monoisotopic (exact) mass is 407 g/mol. The van der Waals surface area contributed by atoms with E-state index in [0.29, 0.717) is 36.0 Å². The predicted molar refractivity (Wildman–Crippen MR) is 107 cm³/mol. The summed E-state index contributed by atoms with van der Waals surface area (Å²) < 4.78 is 15.9. The number of aliphatic carboxylic acids is 1. The molecule has 0 saturated carbocycles. The highest BCUT2D eigenvalue weighted by Gasteiger charge is 2.17. The molecule has 8 heteroatoms. The number of carbonyl (C=O) groups is 2.